The number of ether oxygens (including phenoxy) is 2. The van der Waals surface area contributed by atoms with Gasteiger partial charge in [0.15, 0.2) is 6.61 Å². The van der Waals surface area contributed by atoms with E-state index in [1.165, 1.54) is 0 Å². The third-order valence-electron chi connectivity index (χ3n) is 3.93. The molecule has 2 aromatic heterocycles. The molecule has 3 aromatic rings. The number of carbonyl (C=O) groups is 2. The first-order valence-electron chi connectivity index (χ1n) is 8.87. The molecule has 1 aromatic carbocycles. The van der Waals surface area contributed by atoms with Gasteiger partial charge in [0.05, 0.1) is 22.3 Å². The fraction of sp³-hybridized carbons (Fsp3) is 0.333. The van der Waals surface area contributed by atoms with Crippen molar-refractivity contribution in [2.24, 2.45) is 0 Å². The van der Waals surface area contributed by atoms with Gasteiger partial charge in [-0.2, -0.15) is 0 Å². The van der Waals surface area contributed by atoms with Gasteiger partial charge < -0.3 is 14.0 Å². The monoisotopic (exact) mass is 382 g/mol. The molecule has 0 aliphatic heterocycles. The fourth-order valence-electron chi connectivity index (χ4n) is 2.70. The smallest absolute Gasteiger partial charge is 0.344 e. The Morgan fingerprint density at radius 3 is 2.43 bits per heavy atom. The summed E-state index contributed by atoms with van der Waals surface area (Å²) in [7, 11) is 0. The molecule has 7 nitrogen and oxygen atoms in total. The number of hydrogen-bond donors (Lipinski definition) is 0. The fourth-order valence-corrected chi connectivity index (χ4v) is 2.70. The molecule has 0 amide bonds. The van der Waals surface area contributed by atoms with Gasteiger partial charge in [0.2, 0.25) is 0 Å². The predicted molar refractivity (Wildman–Crippen MR) is 103 cm³/mol. The minimum atomic E-state index is -0.669. The normalized spacial score (nSPS) is 11.5. The maximum Gasteiger partial charge on any atom is 0.344 e. The lowest BCUT2D eigenvalue weighted by Crippen LogP contribution is -2.27. The van der Waals surface area contributed by atoms with Crippen molar-refractivity contribution in [3.05, 3.63) is 47.2 Å². The van der Waals surface area contributed by atoms with Crippen LogP contribution in [0.1, 0.15) is 42.4 Å². The summed E-state index contributed by atoms with van der Waals surface area (Å²) in [6, 6.07) is 9.33. The number of carbonyl (C=O) groups excluding carboxylic acids is 2. The Hall–Kier alpha value is -3.22. The van der Waals surface area contributed by atoms with E-state index in [0.29, 0.717) is 16.8 Å². The molecule has 7 heteroatoms. The van der Waals surface area contributed by atoms with Crippen LogP contribution in [-0.4, -0.2) is 34.3 Å². The summed E-state index contributed by atoms with van der Waals surface area (Å²) < 4.78 is 15.6. The highest BCUT2D eigenvalue weighted by molar-refractivity contribution is 6.04. The molecule has 0 aliphatic carbocycles. The second kappa shape index (κ2) is 7.42. The van der Waals surface area contributed by atoms with Crippen molar-refractivity contribution in [3.8, 4) is 11.3 Å². The van der Waals surface area contributed by atoms with E-state index in [9.17, 15) is 9.59 Å². The lowest BCUT2D eigenvalue weighted by molar-refractivity contribution is -0.158. The van der Waals surface area contributed by atoms with Crippen molar-refractivity contribution in [2.45, 2.75) is 40.2 Å². The van der Waals surface area contributed by atoms with Gasteiger partial charge in [-0.3, -0.25) is 0 Å². The SMILES string of the molecule is Cc1ccc(-c2cc(C(=O)OCC(=O)OC(C)(C)C)c3c(C)noc3n2)cc1. The van der Waals surface area contributed by atoms with E-state index in [1.807, 2.05) is 31.2 Å². The van der Waals surface area contributed by atoms with Gasteiger partial charge in [-0.05, 0) is 40.7 Å². The van der Waals surface area contributed by atoms with Gasteiger partial charge in [0, 0.05) is 5.56 Å². The minimum absolute atomic E-state index is 0.236. The Bertz CT molecular complexity index is 1030. The molecule has 0 aliphatic rings. The van der Waals surface area contributed by atoms with Crippen LogP contribution >= 0.6 is 0 Å². The second-order valence-electron chi connectivity index (χ2n) is 7.53. The number of rotatable bonds is 4. The van der Waals surface area contributed by atoms with Gasteiger partial charge in [-0.25, -0.2) is 14.6 Å². The Morgan fingerprint density at radius 2 is 1.79 bits per heavy atom. The third kappa shape index (κ3) is 4.36. The number of hydrogen-bond acceptors (Lipinski definition) is 7. The van der Waals surface area contributed by atoms with E-state index in [1.54, 1.807) is 33.8 Å². The summed E-state index contributed by atoms with van der Waals surface area (Å²) in [5.74, 6) is -1.29. The topological polar surface area (TPSA) is 91.5 Å². The number of fused-ring (bicyclic) bond motifs is 1. The number of aryl methyl sites for hydroxylation is 2. The third-order valence-corrected chi connectivity index (χ3v) is 3.93. The van der Waals surface area contributed by atoms with Crippen molar-refractivity contribution in [2.75, 3.05) is 6.61 Å². The maximum absolute atomic E-state index is 12.7. The first kappa shape index (κ1) is 19.5. The number of nitrogens with zero attached hydrogens (tertiary/aromatic N) is 2. The molecule has 0 saturated heterocycles. The van der Waals surface area contributed by atoms with E-state index >= 15 is 0 Å². The molecule has 0 bridgehead atoms. The molecule has 0 radical (unpaired) electrons. The summed E-state index contributed by atoms with van der Waals surface area (Å²) in [5.41, 5.74) is 2.81. The van der Waals surface area contributed by atoms with Gasteiger partial charge in [0.1, 0.15) is 5.60 Å². The number of pyridine rings is 1. The number of aromatic nitrogens is 2. The van der Waals surface area contributed by atoms with Crippen LogP contribution in [0.3, 0.4) is 0 Å². The highest BCUT2D eigenvalue weighted by atomic mass is 16.6. The van der Waals surface area contributed by atoms with Crippen LogP contribution in [0.25, 0.3) is 22.4 Å². The zero-order valence-corrected chi connectivity index (χ0v) is 16.5. The molecule has 0 N–H and O–H groups in total. The minimum Gasteiger partial charge on any atom is -0.457 e. The highest BCUT2D eigenvalue weighted by Crippen LogP contribution is 2.27. The quantitative estimate of drug-likeness (QED) is 0.630. The molecule has 0 spiro atoms. The van der Waals surface area contributed by atoms with E-state index in [0.717, 1.165) is 11.1 Å². The van der Waals surface area contributed by atoms with Gasteiger partial charge >= 0.3 is 11.9 Å². The largest absolute Gasteiger partial charge is 0.457 e. The molecule has 146 valence electrons. The predicted octanol–water partition coefficient (Wildman–Crippen LogP) is 4.01. The molecule has 2 heterocycles. The second-order valence-corrected chi connectivity index (χ2v) is 7.53. The maximum atomic E-state index is 12.7. The van der Waals surface area contributed by atoms with Crippen LogP contribution in [-0.2, 0) is 14.3 Å². The zero-order chi connectivity index (χ0) is 20.5. The molecule has 0 fully saturated rings. The van der Waals surface area contributed by atoms with E-state index in [2.05, 4.69) is 10.1 Å². The van der Waals surface area contributed by atoms with Crippen LogP contribution in [0.15, 0.2) is 34.9 Å². The summed E-state index contributed by atoms with van der Waals surface area (Å²) >= 11 is 0. The summed E-state index contributed by atoms with van der Waals surface area (Å²) in [6.45, 7) is 8.45. The number of benzene rings is 1. The summed E-state index contributed by atoms with van der Waals surface area (Å²) in [5, 5.41) is 4.36. The van der Waals surface area contributed by atoms with Crippen LogP contribution in [0, 0.1) is 13.8 Å². The van der Waals surface area contributed by atoms with Crippen LogP contribution in [0.4, 0.5) is 0 Å². The highest BCUT2D eigenvalue weighted by Gasteiger charge is 2.23. The molecule has 0 saturated carbocycles. The summed E-state index contributed by atoms with van der Waals surface area (Å²) in [6.07, 6.45) is 0. The van der Waals surface area contributed by atoms with Gasteiger partial charge in [0.25, 0.3) is 5.71 Å². The Balaban J connectivity index is 1.92. The lowest BCUT2D eigenvalue weighted by Gasteiger charge is -2.19. The van der Waals surface area contributed by atoms with Crippen LogP contribution in [0.2, 0.25) is 0 Å². The van der Waals surface area contributed by atoms with Crippen molar-refractivity contribution in [1.29, 1.82) is 0 Å². The van der Waals surface area contributed by atoms with Crippen molar-refractivity contribution < 1.29 is 23.6 Å². The molecule has 28 heavy (non-hydrogen) atoms. The Kier molecular flexibility index (Phi) is 5.18. The van der Waals surface area contributed by atoms with Gasteiger partial charge in [-0.15, -0.1) is 0 Å². The molecule has 3 rings (SSSR count). The first-order chi connectivity index (χ1) is 13.1. The number of esters is 2. The van der Waals surface area contributed by atoms with E-state index in [4.69, 9.17) is 14.0 Å². The lowest BCUT2D eigenvalue weighted by atomic mass is 10.0. The Morgan fingerprint density at radius 1 is 1.11 bits per heavy atom. The molecular weight excluding hydrogens is 360 g/mol. The molecule has 0 atom stereocenters. The zero-order valence-electron chi connectivity index (χ0n) is 16.5. The average molecular weight is 382 g/mol. The standard InChI is InChI=1S/C21H22N2O5/c1-12-6-8-14(9-7-12)16-10-15(18-13(2)23-28-19(18)22-16)20(25)26-11-17(24)27-21(3,4)5/h6-10H,11H2,1-5H3. The molecule has 0 unspecified atom stereocenters. The van der Waals surface area contributed by atoms with Crippen molar-refractivity contribution >= 4 is 23.0 Å². The van der Waals surface area contributed by atoms with E-state index in [-0.39, 0.29) is 11.3 Å². The summed E-state index contributed by atoms with van der Waals surface area (Å²) in [4.78, 5) is 29.0. The van der Waals surface area contributed by atoms with Crippen LogP contribution < -0.4 is 0 Å². The van der Waals surface area contributed by atoms with Crippen molar-refractivity contribution in [1.82, 2.24) is 10.1 Å². The average Bonchev–Trinajstić information content (AvgIpc) is 2.99. The molecular formula is C21H22N2O5. The Labute approximate surface area is 162 Å². The van der Waals surface area contributed by atoms with E-state index < -0.39 is 24.1 Å². The van der Waals surface area contributed by atoms with Crippen LogP contribution in [0.5, 0.6) is 0 Å². The van der Waals surface area contributed by atoms with Gasteiger partial charge in [-0.1, -0.05) is 35.0 Å². The first-order valence-corrected chi connectivity index (χ1v) is 8.87. The van der Waals surface area contributed by atoms with Crippen molar-refractivity contribution in [3.63, 3.8) is 0 Å².